The Labute approximate surface area is 177 Å². The minimum atomic E-state index is -0.0735. The average Bonchev–Trinajstić information content (AvgIpc) is 3.21. The van der Waals surface area contributed by atoms with Crippen LogP contribution in [0.15, 0.2) is 59.1 Å². The number of anilines is 2. The first kappa shape index (κ1) is 19.2. The number of benzene rings is 2. The van der Waals surface area contributed by atoms with Crippen LogP contribution in [0.25, 0.3) is 10.4 Å². The van der Waals surface area contributed by atoms with Gasteiger partial charge in [-0.1, -0.05) is 28.1 Å². The number of carbonyl (C=O) groups excluding carboxylic acids is 1. The van der Waals surface area contributed by atoms with E-state index in [9.17, 15) is 4.79 Å². The molecule has 0 atom stereocenters. The monoisotopic (exact) mass is 456 g/mol. The Morgan fingerprint density at radius 3 is 2.54 bits per heavy atom. The predicted octanol–water partition coefficient (Wildman–Crippen LogP) is 5.57. The van der Waals surface area contributed by atoms with Gasteiger partial charge < -0.3 is 15.0 Å². The smallest absolute Gasteiger partial charge is 0.265 e. The second-order valence-electron chi connectivity index (χ2n) is 6.72. The van der Waals surface area contributed by atoms with Gasteiger partial charge >= 0.3 is 0 Å². The molecule has 1 aliphatic heterocycles. The molecule has 28 heavy (non-hydrogen) atoms. The number of hydrogen-bond acceptors (Lipinski definition) is 4. The van der Waals surface area contributed by atoms with Crippen LogP contribution >= 0.6 is 27.3 Å². The fraction of sp³-hybridized carbons (Fsp3) is 0.227. The number of rotatable bonds is 4. The average molecular weight is 457 g/mol. The third-order valence-corrected chi connectivity index (χ3v) is 6.45. The number of nitrogens with one attached hydrogen (secondary N) is 1. The summed E-state index contributed by atoms with van der Waals surface area (Å²) in [5, 5.41) is 3.05. The third-order valence-electron chi connectivity index (χ3n) is 4.79. The molecule has 4 rings (SSSR count). The third kappa shape index (κ3) is 4.29. The van der Waals surface area contributed by atoms with Gasteiger partial charge in [-0.3, -0.25) is 4.79 Å². The second kappa shape index (κ2) is 8.47. The SMILES string of the molecule is Cc1cc(N2CCOCC2)ccc1NC(=O)c1ccc(-c2ccc(Br)cc2)s1. The van der Waals surface area contributed by atoms with Crippen molar-refractivity contribution >= 4 is 44.5 Å². The Morgan fingerprint density at radius 1 is 1.07 bits per heavy atom. The van der Waals surface area contributed by atoms with Crippen molar-refractivity contribution < 1.29 is 9.53 Å². The zero-order chi connectivity index (χ0) is 19.5. The van der Waals surface area contributed by atoms with Gasteiger partial charge in [0.25, 0.3) is 5.91 Å². The summed E-state index contributed by atoms with van der Waals surface area (Å²) in [6, 6.07) is 18.2. The normalized spacial score (nSPS) is 14.1. The summed E-state index contributed by atoms with van der Waals surface area (Å²) >= 11 is 4.95. The lowest BCUT2D eigenvalue weighted by atomic mass is 10.1. The number of ether oxygens (including phenoxy) is 1. The summed E-state index contributed by atoms with van der Waals surface area (Å²) in [5.41, 5.74) is 4.19. The maximum Gasteiger partial charge on any atom is 0.265 e. The highest BCUT2D eigenvalue weighted by Crippen LogP contribution is 2.30. The van der Waals surface area contributed by atoms with Gasteiger partial charge in [0.15, 0.2) is 0 Å². The van der Waals surface area contributed by atoms with E-state index < -0.39 is 0 Å². The summed E-state index contributed by atoms with van der Waals surface area (Å²) < 4.78 is 6.46. The Kier molecular flexibility index (Phi) is 5.80. The molecule has 144 valence electrons. The standard InChI is InChI=1S/C22H21BrN2O2S/c1-15-14-18(25-10-12-27-13-11-25)6-7-19(15)24-22(26)21-9-8-20(28-21)16-2-4-17(23)5-3-16/h2-9,14H,10-13H2,1H3,(H,24,26). The lowest BCUT2D eigenvalue weighted by Gasteiger charge is -2.29. The Balaban J connectivity index is 1.47. The molecule has 2 aromatic carbocycles. The first-order chi connectivity index (χ1) is 13.6. The van der Waals surface area contributed by atoms with Crippen LogP contribution in [-0.4, -0.2) is 32.2 Å². The van der Waals surface area contributed by atoms with Crippen molar-refractivity contribution in [3.8, 4) is 10.4 Å². The van der Waals surface area contributed by atoms with Crippen molar-refractivity contribution in [1.29, 1.82) is 0 Å². The van der Waals surface area contributed by atoms with E-state index in [0.29, 0.717) is 4.88 Å². The molecule has 1 aromatic heterocycles. The number of halogens is 1. The fourth-order valence-electron chi connectivity index (χ4n) is 3.22. The van der Waals surface area contributed by atoms with Crippen LogP contribution in [0, 0.1) is 6.92 Å². The molecule has 1 fully saturated rings. The fourth-order valence-corrected chi connectivity index (χ4v) is 4.39. The molecule has 1 N–H and O–H groups in total. The highest BCUT2D eigenvalue weighted by molar-refractivity contribution is 9.10. The molecule has 3 aromatic rings. The molecule has 0 unspecified atom stereocenters. The molecule has 1 aliphatic rings. The summed E-state index contributed by atoms with van der Waals surface area (Å²) in [4.78, 5) is 16.8. The van der Waals surface area contributed by atoms with Crippen molar-refractivity contribution in [2.75, 3.05) is 36.5 Å². The van der Waals surface area contributed by atoms with Gasteiger partial charge in [-0.2, -0.15) is 0 Å². The van der Waals surface area contributed by atoms with Crippen molar-refractivity contribution in [3.63, 3.8) is 0 Å². The topological polar surface area (TPSA) is 41.6 Å². The number of nitrogens with zero attached hydrogens (tertiary/aromatic N) is 1. The van der Waals surface area contributed by atoms with Gasteiger partial charge in [0.1, 0.15) is 0 Å². The lowest BCUT2D eigenvalue weighted by Crippen LogP contribution is -2.36. The van der Waals surface area contributed by atoms with E-state index in [2.05, 4.69) is 38.3 Å². The van der Waals surface area contributed by atoms with Gasteiger partial charge in [-0.15, -0.1) is 11.3 Å². The molecule has 0 saturated carbocycles. The summed E-state index contributed by atoms with van der Waals surface area (Å²) in [6.07, 6.45) is 0. The van der Waals surface area contributed by atoms with Gasteiger partial charge in [0.05, 0.1) is 18.1 Å². The van der Waals surface area contributed by atoms with E-state index in [0.717, 1.165) is 52.5 Å². The van der Waals surface area contributed by atoms with Crippen LogP contribution in [0.4, 0.5) is 11.4 Å². The Hall–Kier alpha value is -2.15. The van der Waals surface area contributed by atoms with Crippen LogP contribution in [-0.2, 0) is 4.74 Å². The number of amides is 1. The summed E-state index contributed by atoms with van der Waals surface area (Å²) in [5.74, 6) is -0.0735. The molecule has 2 heterocycles. The van der Waals surface area contributed by atoms with Crippen LogP contribution in [0.2, 0.25) is 0 Å². The lowest BCUT2D eigenvalue weighted by molar-refractivity contribution is 0.103. The van der Waals surface area contributed by atoms with E-state index >= 15 is 0 Å². The predicted molar refractivity (Wildman–Crippen MR) is 120 cm³/mol. The highest BCUT2D eigenvalue weighted by atomic mass is 79.9. The molecule has 6 heteroatoms. The number of aryl methyl sites for hydroxylation is 1. The number of thiophene rings is 1. The van der Waals surface area contributed by atoms with Crippen LogP contribution in [0.5, 0.6) is 0 Å². The molecular weight excluding hydrogens is 436 g/mol. The Morgan fingerprint density at radius 2 is 1.82 bits per heavy atom. The maximum atomic E-state index is 12.7. The van der Waals surface area contributed by atoms with E-state index in [1.807, 2.05) is 49.4 Å². The zero-order valence-electron chi connectivity index (χ0n) is 15.6. The number of carbonyl (C=O) groups is 1. The van der Waals surface area contributed by atoms with Crippen molar-refractivity contribution in [3.05, 3.63) is 69.5 Å². The molecular formula is C22H21BrN2O2S. The number of hydrogen-bond donors (Lipinski definition) is 1. The number of morpholine rings is 1. The van der Waals surface area contributed by atoms with Crippen LogP contribution in [0.3, 0.4) is 0 Å². The summed E-state index contributed by atoms with van der Waals surface area (Å²) in [6.45, 7) is 5.35. The molecule has 0 aliphatic carbocycles. The van der Waals surface area contributed by atoms with E-state index in [1.165, 1.54) is 17.0 Å². The van der Waals surface area contributed by atoms with E-state index in [1.54, 1.807) is 0 Å². The van der Waals surface area contributed by atoms with Crippen LogP contribution in [0.1, 0.15) is 15.2 Å². The minimum absolute atomic E-state index is 0.0735. The molecule has 1 amide bonds. The quantitative estimate of drug-likeness (QED) is 0.557. The molecule has 0 spiro atoms. The van der Waals surface area contributed by atoms with Crippen LogP contribution < -0.4 is 10.2 Å². The van der Waals surface area contributed by atoms with Crippen molar-refractivity contribution in [2.24, 2.45) is 0 Å². The van der Waals surface area contributed by atoms with E-state index in [-0.39, 0.29) is 5.91 Å². The Bertz CT molecular complexity index is 978. The molecule has 0 bridgehead atoms. The van der Waals surface area contributed by atoms with Gasteiger partial charge in [0.2, 0.25) is 0 Å². The van der Waals surface area contributed by atoms with Crippen molar-refractivity contribution in [1.82, 2.24) is 0 Å². The zero-order valence-corrected chi connectivity index (χ0v) is 18.0. The molecule has 1 saturated heterocycles. The van der Waals surface area contributed by atoms with E-state index in [4.69, 9.17) is 4.74 Å². The molecule has 4 nitrogen and oxygen atoms in total. The largest absolute Gasteiger partial charge is 0.378 e. The van der Waals surface area contributed by atoms with Gasteiger partial charge in [-0.05, 0) is 60.5 Å². The molecule has 0 radical (unpaired) electrons. The maximum absolute atomic E-state index is 12.7. The van der Waals surface area contributed by atoms with Crippen molar-refractivity contribution in [2.45, 2.75) is 6.92 Å². The van der Waals surface area contributed by atoms with Gasteiger partial charge in [-0.25, -0.2) is 0 Å². The first-order valence-electron chi connectivity index (χ1n) is 9.20. The summed E-state index contributed by atoms with van der Waals surface area (Å²) in [7, 11) is 0. The second-order valence-corrected chi connectivity index (χ2v) is 8.72. The van der Waals surface area contributed by atoms with Gasteiger partial charge in [0, 0.05) is 33.8 Å². The first-order valence-corrected chi connectivity index (χ1v) is 10.8. The minimum Gasteiger partial charge on any atom is -0.378 e. The highest BCUT2D eigenvalue weighted by Gasteiger charge is 2.15.